The molecule has 0 aliphatic carbocycles. The summed E-state index contributed by atoms with van der Waals surface area (Å²) < 4.78 is 24.8. The quantitative estimate of drug-likeness (QED) is 0.455. The van der Waals surface area contributed by atoms with Crippen LogP contribution in [0.4, 0.5) is 4.39 Å². The zero-order chi connectivity index (χ0) is 18.2. The Hall–Kier alpha value is -2.38. The Bertz CT molecular complexity index is 766. The van der Waals surface area contributed by atoms with E-state index in [0.29, 0.717) is 27.2 Å². The number of nitrogens with zero attached hydrogens (tertiary/aromatic N) is 1. The van der Waals surface area contributed by atoms with Gasteiger partial charge in [-0.25, -0.2) is 4.39 Å². The highest BCUT2D eigenvalue weighted by Gasteiger charge is 2.10. The van der Waals surface area contributed by atoms with Crippen LogP contribution in [0.5, 0.6) is 11.5 Å². The second-order valence-electron chi connectivity index (χ2n) is 4.85. The van der Waals surface area contributed by atoms with Crippen LogP contribution >= 0.6 is 23.8 Å². The first-order chi connectivity index (χ1) is 12.0. The van der Waals surface area contributed by atoms with Crippen molar-refractivity contribution in [1.29, 1.82) is 0 Å². The van der Waals surface area contributed by atoms with Crippen molar-refractivity contribution in [2.24, 2.45) is 5.10 Å². The minimum atomic E-state index is -0.415. The molecule has 0 aliphatic heterocycles. The lowest BCUT2D eigenvalue weighted by Gasteiger charge is -2.12. The molecule has 0 spiro atoms. The van der Waals surface area contributed by atoms with Crippen molar-refractivity contribution in [3.05, 3.63) is 58.4 Å². The summed E-state index contributed by atoms with van der Waals surface area (Å²) in [7, 11) is 3.22. The van der Waals surface area contributed by atoms with Gasteiger partial charge in [-0.3, -0.25) is 5.43 Å². The highest BCUT2D eigenvalue weighted by molar-refractivity contribution is 7.80. The number of nitrogens with one attached hydrogen (secondary N) is 2. The molecule has 0 aliphatic rings. The first kappa shape index (κ1) is 19.0. The average molecular weight is 382 g/mol. The molecule has 0 fully saturated rings. The van der Waals surface area contributed by atoms with Crippen LogP contribution in [0.3, 0.4) is 0 Å². The lowest BCUT2D eigenvalue weighted by Crippen LogP contribution is -2.28. The number of thiocarbonyl (C=S) groups is 1. The van der Waals surface area contributed by atoms with E-state index < -0.39 is 5.82 Å². The van der Waals surface area contributed by atoms with Gasteiger partial charge in [0.25, 0.3) is 0 Å². The highest BCUT2D eigenvalue weighted by atomic mass is 35.5. The third-order valence-corrected chi connectivity index (χ3v) is 3.88. The Morgan fingerprint density at radius 3 is 2.80 bits per heavy atom. The van der Waals surface area contributed by atoms with Gasteiger partial charge >= 0.3 is 0 Å². The van der Waals surface area contributed by atoms with Crippen LogP contribution < -0.4 is 20.2 Å². The fourth-order valence-electron chi connectivity index (χ4n) is 1.93. The predicted molar refractivity (Wildman–Crippen MR) is 101 cm³/mol. The van der Waals surface area contributed by atoms with Gasteiger partial charge in [0.1, 0.15) is 12.4 Å². The van der Waals surface area contributed by atoms with Crippen LogP contribution in [0.25, 0.3) is 0 Å². The van der Waals surface area contributed by atoms with Gasteiger partial charge in [0, 0.05) is 12.6 Å². The molecule has 0 heterocycles. The zero-order valence-electron chi connectivity index (χ0n) is 13.7. The van der Waals surface area contributed by atoms with E-state index in [4.69, 9.17) is 33.3 Å². The Morgan fingerprint density at radius 1 is 1.32 bits per heavy atom. The standard InChI is InChI=1S/C17H17ClFN3O2S/c1-20-17(25)22-21-9-11-6-7-15(16(8-11)23-2)24-10-12-13(18)4-3-5-14(12)19/h3-9H,10H2,1-2H3,(H2,20,22,25)/b21-9+. The summed E-state index contributed by atoms with van der Waals surface area (Å²) in [5.74, 6) is 0.548. The van der Waals surface area contributed by atoms with Crippen LogP contribution in [0, 0.1) is 5.82 Å². The van der Waals surface area contributed by atoms with Crippen LogP contribution in [0.1, 0.15) is 11.1 Å². The third kappa shape index (κ3) is 5.30. The lowest BCUT2D eigenvalue weighted by molar-refractivity contribution is 0.280. The van der Waals surface area contributed by atoms with Crippen LogP contribution in [0.2, 0.25) is 5.02 Å². The second kappa shape index (κ2) is 9.19. The van der Waals surface area contributed by atoms with Gasteiger partial charge in [0.15, 0.2) is 16.6 Å². The van der Waals surface area contributed by atoms with E-state index in [1.165, 1.54) is 13.2 Å². The summed E-state index contributed by atoms with van der Waals surface area (Å²) in [5.41, 5.74) is 3.72. The van der Waals surface area contributed by atoms with Gasteiger partial charge in [-0.05, 0) is 48.1 Å². The van der Waals surface area contributed by atoms with E-state index >= 15 is 0 Å². The summed E-state index contributed by atoms with van der Waals surface area (Å²) in [5, 5.41) is 7.46. The van der Waals surface area contributed by atoms with Crippen molar-refractivity contribution >= 4 is 35.1 Å². The molecule has 8 heteroatoms. The fraction of sp³-hybridized carbons (Fsp3) is 0.176. The normalized spacial score (nSPS) is 10.6. The van der Waals surface area contributed by atoms with Gasteiger partial charge in [-0.1, -0.05) is 17.7 Å². The second-order valence-corrected chi connectivity index (χ2v) is 5.66. The monoisotopic (exact) mass is 381 g/mol. The summed E-state index contributed by atoms with van der Waals surface area (Å²) in [6, 6.07) is 9.74. The van der Waals surface area contributed by atoms with Crippen LogP contribution in [0.15, 0.2) is 41.5 Å². The Labute approximate surface area is 155 Å². The number of methoxy groups -OCH3 is 1. The van der Waals surface area contributed by atoms with Crippen molar-refractivity contribution < 1.29 is 13.9 Å². The molecule has 132 valence electrons. The summed E-state index contributed by atoms with van der Waals surface area (Å²) in [6.45, 7) is -0.00665. The van der Waals surface area contributed by atoms with Crippen molar-refractivity contribution in [3.63, 3.8) is 0 Å². The largest absolute Gasteiger partial charge is 0.493 e. The number of ether oxygens (including phenoxy) is 2. The molecule has 0 amide bonds. The number of hydrogen-bond acceptors (Lipinski definition) is 4. The van der Waals surface area contributed by atoms with Crippen molar-refractivity contribution in [1.82, 2.24) is 10.7 Å². The van der Waals surface area contributed by atoms with E-state index in [0.717, 1.165) is 5.56 Å². The molecule has 2 rings (SSSR count). The number of hydrazone groups is 1. The van der Waals surface area contributed by atoms with E-state index in [2.05, 4.69) is 15.8 Å². The molecule has 25 heavy (non-hydrogen) atoms. The highest BCUT2D eigenvalue weighted by Crippen LogP contribution is 2.29. The van der Waals surface area contributed by atoms with Crippen LogP contribution in [-0.4, -0.2) is 25.5 Å². The molecule has 2 aromatic carbocycles. The van der Waals surface area contributed by atoms with Gasteiger partial charge in [0.2, 0.25) is 0 Å². The fourth-order valence-corrected chi connectivity index (χ4v) is 2.20. The number of benzene rings is 2. The lowest BCUT2D eigenvalue weighted by atomic mass is 10.2. The molecule has 0 aromatic heterocycles. The van der Waals surface area contributed by atoms with Gasteiger partial charge in [-0.15, -0.1) is 0 Å². The zero-order valence-corrected chi connectivity index (χ0v) is 15.2. The maximum Gasteiger partial charge on any atom is 0.186 e. The Balaban J connectivity index is 2.10. The predicted octanol–water partition coefficient (Wildman–Crippen LogP) is 3.49. The Kier molecular flexibility index (Phi) is 6.97. The van der Waals surface area contributed by atoms with E-state index in [-0.39, 0.29) is 6.61 Å². The minimum Gasteiger partial charge on any atom is -0.493 e. The van der Waals surface area contributed by atoms with Crippen molar-refractivity contribution in [3.8, 4) is 11.5 Å². The smallest absolute Gasteiger partial charge is 0.186 e. The van der Waals surface area contributed by atoms with E-state index in [9.17, 15) is 4.39 Å². The average Bonchev–Trinajstić information content (AvgIpc) is 2.61. The molecule has 0 unspecified atom stereocenters. The summed E-state index contributed by atoms with van der Waals surface area (Å²) in [6.07, 6.45) is 1.59. The molecular formula is C17H17ClFN3O2S. The molecule has 0 radical (unpaired) electrons. The molecule has 2 N–H and O–H groups in total. The van der Waals surface area contributed by atoms with E-state index in [1.807, 2.05) is 0 Å². The molecule has 0 saturated heterocycles. The number of halogens is 2. The minimum absolute atomic E-state index is 0.00665. The van der Waals surface area contributed by atoms with E-state index in [1.54, 1.807) is 43.6 Å². The Morgan fingerprint density at radius 2 is 2.12 bits per heavy atom. The summed E-state index contributed by atoms with van der Waals surface area (Å²) in [4.78, 5) is 0. The number of rotatable bonds is 6. The molecule has 2 aromatic rings. The maximum atomic E-state index is 13.8. The van der Waals surface area contributed by atoms with Gasteiger partial charge < -0.3 is 14.8 Å². The third-order valence-electron chi connectivity index (χ3n) is 3.23. The van der Waals surface area contributed by atoms with Crippen LogP contribution in [-0.2, 0) is 6.61 Å². The first-order valence-electron chi connectivity index (χ1n) is 7.29. The molecular weight excluding hydrogens is 365 g/mol. The van der Waals surface area contributed by atoms with Gasteiger partial charge in [0.05, 0.1) is 18.3 Å². The SMILES string of the molecule is CNC(=S)N/N=C/c1ccc(OCc2c(F)cccc2Cl)c(OC)c1. The number of hydrogen-bond donors (Lipinski definition) is 2. The van der Waals surface area contributed by atoms with Crippen molar-refractivity contribution in [2.45, 2.75) is 6.61 Å². The molecule has 0 saturated carbocycles. The molecule has 0 atom stereocenters. The molecule has 0 bridgehead atoms. The first-order valence-corrected chi connectivity index (χ1v) is 8.08. The van der Waals surface area contributed by atoms with Crippen molar-refractivity contribution in [2.75, 3.05) is 14.2 Å². The summed E-state index contributed by atoms with van der Waals surface area (Å²) >= 11 is 10.9. The molecule has 5 nitrogen and oxygen atoms in total. The van der Waals surface area contributed by atoms with Gasteiger partial charge in [-0.2, -0.15) is 5.10 Å². The topological polar surface area (TPSA) is 54.9 Å². The maximum absolute atomic E-state index is 13.8.